The molecule has 1 unspecified atom stereocenters. The number of nitrogens with zero attached hydrogens (tertiary/aromatic N) is 2. The Hall–Kier alpha value is -2.96. The third-order valence-corrected chi connectivity index (χ3v) is 7.65. The summed E-state index contributed by atoms with van der Waals surface area (Å²) in [5, 5.41) is 3.86. The summed E-state index contributed by atoms with van der Waals surface area (Å²) in [6, 6.07) is 22.6. The van der Waals surface area contributed by atoms with Crippen molar-refractivity contribution < 1.29 is 18.8 Å². The second kappa shape index (κ2) is 11.0. The summed E-state index contributed by atoms with van der Waals surface area (Å²) >= 11 is 1.56. The number of quaternary nitrogens is 1. The Balaban J connectivity index is 0.000000172. The second-order valence-electron chi connectivity index (χ2n) is 9.28. The van der Waals surface area contributed by atoms with Crippen molar-refractivity contribution in [2.45, 2.75) is 25.9 Å². The van der Waals surface area contributed by atoms with E-state index in [1.807, 2.05) is 29.0 Å². The van der Waals surface area contributed by atoms with Gasteiger partial charge in [-0.2, -0.15) is 11.3 Å². The van der Waals surface area contributed by atoms with Crippen LogP contribution in [0.4, 0.5) is 11.4 Å². The number of thiophene rings is 1. The topological polar surface area (TPSA) is 46.6 Å². The van der Waals surface area contributed by atoms with Gasteiger partial charge < -0.3 is 14.1 Å². The molecule has 0 aliphatic carbocycles. The van der Waals surface area contributed by atoms with Gasteiger partial charge in [0.25, 0.3) is 0 Å². The summed E-state index contributed by atoms with van der Waals surface area (Å²) in [5.74, 6) is 0.509. The Morgan fingerprint density at radius 1 is 0.971 bits per heavy atom. The molecule has 6 rings (SSSR count). The first-order valence-corrected chi connectivity index (χ1v) is 12.8. The first-order chi connectivity index (χ1) is 16.5. The van der Waals surface area contributed by atoms with E-state index in [-0.39, 0.29) is 17.9 Å². The maximum Gasteiger partial charge on any atom is 0.303 e. The standard InChI is InChI=1S/C15H20NO3S.C13H13N/c1-11(17)19-15-9-16(5-2-12(15)3-6-16)8-14(18)13-4-7-20-10-13;1-14(12-8-4-2-5-9-12)13-10-6-3-7-11-13/h4,7,10,12,15H,2-3,5-6,8-9H2,1H3;2-11H,1H3/q+1;. The van der Waals surface area contributed by atoms with Crippen molar-refractivity contribution in [1.29, 1.82) is 0 Å². The van der Waals surface area contributed by atoms with Gasteiger partial charge in [0.05, 0.1) is 13.1 Å². The number of carbonyl (C=O) groups excluding carboxylic acids is 2. The Labute approximate surface area is 206 Å². The van der Waals surface area contributed by atoms with E-state index in [9.17, 15) is 9.59 Å². The van der Waals surface area contributed by atoms with Crippen LogP contribution in [0.5, 0.6) is 0 Å². The number of piperidine rings is 3. The van der Waals surface area contributed by atoms with Crippen molar-refractivity contribution in [3.63, 3.8) is 0 Å². The summed E-state index contributed by atoms with van der Waals surface area (Å²) in [4.78, 5) is 25.7. The van der Waals surface area contributed by atoms with Crippen LogP contribution < -0.4 is 4.90 Å². The van der Waals surface area contributed by atoms with Gasteiger partial charge in [-0.05, 0) is 35.7 Å². The molecular weight excluding hydrogens is 444 g/mol. The maximum atomic E-state index is 12.4. The molecule has 6 heteroatoms. The molecule has 2 bridgehead atoms. The molecule has 0 saturated carbocycles. The van der Waals surface area contributed by atoms with Crippen molar-refractivity contribution in [2.24, 2.45) is 5.92 Å². The lowest BCUT2D eigenvalue weighted by atomic mass is 9.83. The molecule has 4 heterocycles. The van der Waals surface area contributed by atoms with Crippen LogP contribution in [0.2, 0.25) is 0 Å². The highest BCUT2D eigenvalue weighted by Crippen LogP contribution is 2.35. The van der Waals surface area contributed by atoms with Crippen LogP contribution in [0.15, 0.2) is 77.5 Å². The number of fused-ring (bicyclic) bond motifs is 3. The van der Waals surface area contributed by atoms with Crippen molar-refractivity contribution in [1.82, 2.24) is 0 Å². The van der Waals surface area contributed by atoms with Gasteiger partial charge in [0, 0.05) is 55.0 Å². The second-order valence-corrected chi connectivity index (χ2v) is 10.1. The minimum absolute atomic E-state index is 0.00488. The third kappa shape index (κ3) is 5.93. The average Bonchev–Trinajstić information content (AvgIpc) is 3.41. The van der Waals surface area contributed by atoms with Crippen LogP contribution in [0, 0.1) is 5.92 Å². The van der Waals surface area contributed by atoms with E-state index in [0.717, 1.165) is 42.5 Å². The number of para-hydroxylation sites is 2. The average molecular weight is 478 g/mol. The van der Waals surface area contributed by atoms with E-state index < -0.39 is 0 Å². The molecule has 2 aromatic carbocycles. The number of anilines is 2. The zero-order valence-electron chi connectivity index (χ0n) is 19.9. The highest BCUT2D eigenvalue weighted by atomic mass is 32.1. The first-order valence-electron chi connectivity index (χ1n) is 11.9. The largest absolute Gasteiger partial charge is 0.456 e. The summed E-state index contributed by atoms with van der Waals surface area (Å²) in [5.41, 5.74) is 3.23. The van der Waals surface area contributed by atoms with Crippen LogP contribution in [0.25, 0.3) is 0 Å². The number of esters is 1. The van der Waals surface area contributed by atoms with Gasteiger partial charge in [-0.1, -0.05) is 36.4 Å². The van der Waals surface area contributed by atoms with Gasteiger partial charge in [0.2, 0.25) is 5.78 Å². The van der Waals surface area contributed by atoms with Gasteiger partial charge in [-0.25, -0.2) is 0 Å². The molecule has 0 N–H and O–H groups in total. The maximum absolute atomic E-state index is 12.4. The van der Waals surface area contributed by atoms with E-state index in [4.69, 9.17) is 4.74 Å². The molecule has 1 aromatic heterocycles. The Morgan fingerprint density at radius 2 is 1.56 bits per heavy atom. The van der Waals surface area contributed by atoms with Crippen LogP contribution in [0.3, 0.4) is 0 Å². The number of ether oxygens (including phenoxy) is 1. The molecule has 3 aromatic rings. The fraction of sp³-hybridized carbons (Fsp3) is 0.357. The number of hydrogen-bond donors (Lipinski definition) is 0. The molecule has 3 aliphatic rings. The van der Waals surface area contributed by atoms with Crippen LogP contribution in [-0.2, 0) is 9.53 Å². The number of rotatable bonds is 6. The quantitative estimate of drug-likeness (QED) is 0.265. The van der Waals surface area contributed by atoms with Crippen LogP contribution in [-0.4, -0.2) is 55.6 Å². The fourth-order valence-electron chi connectivity index (χ4n) is 5.06. The molecule has 0 amide bonds. The molecular formula is C28H33N2O3S+. The summed E-state index contributed by atoms with van der Waals surface area (Å²) in [6.07, 6.45) is 2.13. The number of benzene rings is 2. The van der Waals surface area contributed by atoms with Gasteiger partial charge in [0.1, 0.15) is 13.1 Å². The molecule has 0 spiro atoms. The minimum atomic E-state index is -0.203. The SMILES string of the molecule is CC(=O)OC1C[N+]2(CC(=O)c3ccsc3)CCC1CC2.CN(c1ccccc1)c1ccccc1. The lowest BCUT2D eigenvalue weighted by Gasteiger charge is -2.51. The molecule has 34 heavy (non-hydrogen) atoms. The Morgan fingerprint density at radius 3 is 2.06 bits per heavy atom. The zero-order valence-corrected chi connectivity index (χ0v) is 20.7. The molecule has 3 saturated heterocycles. The summed E-state index contributed by atoms with van der Waals surface area (Å²) < 4.78 is 6.25. The van der Waals surface area contributed by atoms with Crippen molar-refractivity contribution >= 4 is 34.5 Å². The van der Waals surface area contributed by atoms with Crippen LogP contribution >= 0.6 is 11.3 Å². The van der Waals surface area contributed by atoms with Crippen LogP contribution in [0.1, 0.15) is 30.1 Å². The molecule has 0 radical (unpaired) electrons. The monoisotopic (exact) mass is 477 g/mol. The van der Waals surface area contributed by atoms with E-state index in [0.29, 0.717) is 12.5 Å². The zero-order chi connectivity index (χ0) is 24.0. The summed E-state index contributed by atoms with van der Waals surface area (Å²) in [6.45, 7) is 4.90. The number of hydrogen-bond acceptors (Lipinski definition) is 5. The normalized spacial score (nSPS) is 22.9. The van der Waals surface area contributed by atoms with Gasteiger partial charge >= 0.3 is 5.97 Å². The number of carbonyl (C=O) groups is 2. The molecule has 3 fully saturated rings. The fourth-order valence-corrected chi connectivity index (χ4v) is 5.72. The minimum Gasteiger partial charge on any atom is -0.456 e. The number of Topliss-reactive ketones (excluding diaryl/α,β-unsaturated/α-hetero) is 1. The highest BCUT2D eigenvalue weighted by molar-refractivity contribution is 7.08. The van der Waals surface area contributed by atoms with E-state index in [1.54, 1.807) is 11.3 Å². The third-order valence-electron chi connectivity index (χ3n) is 6.97. The van der Waals surface area contributed by atoms with Gasteiger partial charge in [-0.3, -0.25) is 9.59 Å². The van der Waals surface area contributed by atoms with Crippen molar-refractivity contribution in [3.05, 3.63) is 83.1 Å². The smallest absolute Gasteiger partial charge is 0.303 e. The van der Waals surface area contributed by atoms with E-state index >= 15 is 0 Å². The predicted octanol–water partition coefficient (Wildman–Crippen LogP) is 5.56. The predicted molar refractivity (Wildman–Crippen MR) is 138 cm³/mol. The number of ketones is 1. The lowest BCUT2D eigenvalue weighted by Crippen LogP contribution is -2.65. The van der Waals surface area contributed by atoms with E-state index in [1.165, 1.54) is 18.3 Å². The lowest BCUT2D eigenvalue weighted by molar-refractivity contribution is -0.938. The first kappa shape index (κ1) is 24.2. The molecule has 3 aliphatic heterocycles. The highest BCUT2D eigenvalue weighted by Gasteiger charge is 2.48. The van der Waals surface area contributed by atoms with Gasteiger partial charge in [-0.15, -0.1) is 0 Å². The Bertz CT molecular complexity index is 1020. The van der Waals surface area contributed by atoms with Crippen molar-refractivity contribution in [2.75, 3.05) is 38.1 Å². The van der Waals surface area contributed by atoms with Crippen molar-refractivity contribution in [3.8, 4) is 0 Å². The molecule has 178 valence electrons. The Kier molecular flexibility index (Phi) is 7.80. The van der Waals surface area contributed by atoms with Gasteiger partial charge in [0.15, 0.2) is 6.10 Å². The summed E-state index contributed by atoms with van der Waals surface area (Å²) in [7, 11) is 2.07. The molecule has 5 nitrogen and oxygen atoms in total. The van der Waals surface area contributed by atoms with E-state index in [2.05, 4.69) is 60.5 Å². The molecule has 1 atom stereocenters.